The van der Waals surface area contributed by atoms with Gasteiger partial charge in [-0.3, -0.25) is 4.79 Å². The number of aromatic nitrogens is 1. The predicted molar refractivity (Wildman–Crippen MR) is 96.9 cm³/mol. The Labute approximate surface area is 145 Å². The van der Waals surface area contributed by atoms with Gasteiger partial charge < -0.3 is 5.32 Å². The Kier molecular flexibility index (Phi) is 4.63. The molecule has 24 heavy (non-hydrogen) atoms. The number of anilines is 1. The maximum absolute atomic E-state index is 12.5. The van der Waals surface area contributed by atoms with Gasteiger partial charge in [0, 0.05) is 6.54 Å². The Morgan fingerprint density at radius 1 is 1.42 bits per heavy atom. The molecule has 1 saturated heterocycles. The van der Waals surface area contributed by atoms with Gasteiger partial charge in [0.1, 0.15) is 6.04 Å². The van der Waals surface area contributed by atoms with E-state index in [-0.39, 0.29) is 5.91 Å². The van der Waals surface area contributed by atoms with Crippen molar-refractivity contribution < 1.29 is 13.2 Å². The summed E-state index contributed by atoms with van der Waals surface area (Å²) in [6, 6.07) is 5.37. The van der Waals surface area contributed by atoms with Crippen molar-refractivity contribution in [2.75, 3.05) is 18.1 Å². The molecule has 6 nitrogen and oxygen atoms in total. The van der Waals surface area contributed by atoms with E-state index in [1.807, 2.05) is 18.2 Å². The minimum absolute atomic E-state index is 0.303. The van der Waals surface area contributed by atoms with Crippen molar-refractivity contribution in [2.24, 2.45) is 0 Å². The van der Waals surface area contributed by atoms with E-state index in [0.717, 1.165) is 22.0 Å². The third-order valence-corrected chi connectivity index (χ3v) is 6.46. The summed E-state index contributed by atoms with van der Waals surface area (Å²) in [6.07, 6.45) is 2.38. The minimum Gasteiger partial charge on any atom is -0.301 e. The highest BCUT2D eigenvalue weighted by molar-refractivity contribution is 7.88. The van der Waals surface area contributed by atoms with Gasteiger partial charge in [0.25, 0.3) is 0 Å². The monoisotopic (exact) mass is 367 g/mol. The molecular formula is C16H21N3O3S2. The van der Waals surface area contributed by atoms with Gasteiger partial charge in [0.15, 0.2) is 5.13 Å². The standard InChI is InChI=1S/C16H21N3O3S2/c1-10(2)11-6-4-8-13-14(11)17-16(23-13)18-15(20)12-7-5-9-19(12)24(3,21)22/h4,6,8,10,12H,5,7,9H2,1-3H3,(H,17,18,20). The number of rotatable bonds is 4. The first-order chi connectivity index (χ1) is 11.3. The normalized spacial score (nSPS) is 19.2. The molecule has 2 heterocycles. The first-order valence-corrected chi connectivity index (χ1v) is 10.6. The van der Waals surface area contributed by atoms with Crippen LogP contribution < -0.4 is 5.32 Å². The van der Waals surface area contributed by atoms with Gasteiger partial charge in [-0.05, 0) is 30.4 Å². The average molecular weight is 367 g/mol. The lowest BCUT2D eigenvalue weighted by Gasteiger charge is -2.20. The molecule has 3 rings (SSSR count). The van der Waals surface area contributed by atoms with Gasteiger partial charge in [0.05, 0.1) is 16.5 Å². The van der Waals surface area contributed by atoms with E-state index in [1.54, 1.807) is 0 Å². The molecule has 130 valence electrons. The highest BCUT2D eigenvalue weighted by Crippen LogP contribution is 2.32. The van der Waals surface area contributed by atoms with Crippen molar-refractivity contribution in [3.05, 3.63) is 23.8 Å². The molecule has 0 radical (unpaired) electrons. The van der Waals surface area contributed by atoms with Crippen molar-refractivity contribution in [3.8, 4) is 0 Å². The van der Waals surface area contributed by atoms with Crippen LogP contribution in [0, 0.1) is 0 Å². The molecule has 1 aliphatic rings. The molecule has 1 aliphatic heterocycles. The quantitative estimate of drug-likeness (QED) is 0.901. The van der Waals surface area contributed by atoms with Gasteiger partial charge in [0.2, 0.25) is 15.9 Å². The number of amides is 1. The number of nitrogens with zero attached hydrogens (tertiary/aromatic N) is 2. The Morgan fingerprint density at radius 2 is 2.17 bits per heavy atom. The fraction of sp³-hybridized carbons (Fsp3) is 0.500. The van der Waals surface area contributed by atoms with Crippen LogP contribution in [0.3, 0.4) is 0 Å². The summed E-state index contributed by atoms with van der Waals surface area (Å²) in [5.74, 6) is 0.0398. The number of sulfonamides is 1. The van der Waals surface area contributed by atoms with Crippen molar-refractivity contribution in [1.82, 2.24) is 9.29 Å². The van der Waals surface area contributed by atoms with E-state index in [9.17, 15) is 13.2 Å². The fourth-order valence-electron chi connectivity index (χ4n) is 3.08. The van der Waals surface area contributed by atoms with Gasteiger partial charge in [-0.2, -0.15) is 4.31 Å². The summed E-state index contributed by atoms with van der Waals surface area (Å²) in [7, 11) is -3.38. The van der Waals surface area contributed by atoms with Crippen LogP contribution in [0.1, 0.15) is 38.2 Å². The van der Waals surface area contributed by atoms with Crippen molar-refractivity contribution in [3.63, 3.8) is 0 Å². The van der Waals surface area contributed by atoms with E-state index in [4.69, 9.17) is 0 Å². The maximum atomic E-state index is 12.5. The Balaban J connectivity index is 1.85. The summed E-state index contributed by atoms with van der Waals surface area (Å²) in [6.45, 7) is 4.61. The van der Waals surface area contributed by atoms with Crippen LogP contribution in [0.2, 0.25) is 0 Å². The summed E-state index contributed by atoms with van der Waals surface area (Å²) < 4.78 is 25.9. The summed E-state index contributed by atoms with van der Waals surface area (Å²) in [5, 5.41) is 3.32. The Morgan fingerprint density at radius 3 is 2.83 bits per heavy atom. The van der Waals surface area contributed by atoms with Crippen LogP contribution in [0.15, 0.2) is 18.2 Å². The van der Waals surface area contributed by atoms with Crippen LogP contribution in [-0.2, 0) is 14.8 Å². The molecule has 1 aromatic heterocycles. The summed E-state index contributed by atoms with van der Waals surface area (Å²) in [4.78, 5) is 17.1. The summed E-state index contributed by atoms with van der Waals surface area (Å²) >= 11 is 1.41. The number of carbonyl (C=O) groups is 1. The highest BCUT2D eigenvalue weighted by Gasteiger charge is 2.36. The molecule has 0 saturated carbocycles. The number of carbonyl (C=O) groups excluding carboxylic acids is 1. The largest absolute Gasteiger partial charge is 0.301 e. The molecule has 1 N–H and O–H groups in total. The van der Waals surface area contributed by atoms with Crippen molar-refractivity contribution in [1.29, 1.82) is 0 Å². The predicted octanol–water partition coefficient (Wildman–Crippen LogP) is 2.78. The van der Waals surface area contributed by atoms with Gasteiger partial charge in [-0.1, -0.05) is 37.3 Å². The van der Waals surface area contributed by atoms with Gasteiger partial charge >= 0.3 is 0 Å². The smallest absolute Gasteiger partial charge is 0.244 e. The van der Waals surface area contributed by atoms with Crippen LogP contribution in [0.25, 0.3) is 10.2 Å². The summed E-state index contributed by atoms with van der Waals surface area (Å²) in [5.41, 5.74) is 2.04. The Hall–Kier alpha value is -1.51. The van der Waals surface area contributed by atoms with Gasteiger partial charge in [-0.25, -0.2) is 13.4 Å². The van der Waals surface area contributed by atoms with E-state index < -0.39 is 16.1 Å². The zero-order valence-electron chi connectivity index (χ0n) is 13.9. The molecule has 0 spiro atoms. The highest BCUT2D eigenvalue weighted by atomic mass is 32.2. The van der Waals surface area contributed by atoms with Crippen LogP contribution in [-0.4, -0.2) is 42.5 Å². The molecule has 1 fully saturated rings. The fourth-order valence-corrected chi connectivity index (χ4v) is 5.10. The number of hydrogen-bond acceptors (Lipinski definition) is 5. The lowest BCUT2D eigenvalue weighted by Crippen LogP contribution is -2.42. The number of hydrogen-bond donors (Lipinski definition) is 1. The van der Waals surface area contributed by atoms with E-state index in [0.29, 0.717) is 30.4 Å². The molecule has 0 bridgehead atoms. The average Bonchev–Trinajstić information content (AvgIpc) is 3.12. The van der Waals surface area contributed by atoms with Crippen molar-refractivity contribution >= 4 is 42.6 Å². The SMILES string of the molecule is CC(C)c1cccc2sc(NC(=O)C3CCCN3S(C)(=O)=O)nc12. The molecule has 1 unspecified atom stereocenters. The van der Waals surface area contributed by atoms with Crippen molar-refractivity contribution in [2.45, 2.75) is 38.6 Å². The third kappa shape index (κ3) is 3.31. The maximum Gasteiger partial charge on any atom is 0.244 e. The molecule has 1 aromatic carbocycles. The minimum atomic E-state index is -3.38. The van der Waals surface area contributed by atoms with Crippen LogP contribution in [0.5, 0.6) is 0 Å². The second-order valence-corrected chi connectivity index (χ2v) is 9.35. The number of benzene rings is 1. The van der Waals surface area contributed by atoms with Gasteiger partial charge in [-0.15, -0.1) is 0 Å². The molecular weight excluding hydrogens is 346 g/mol. The Bertz CT molecular complexity index is 874. The van der Waals surface area contributed by atoms with E-state index in [2.05, 4.69) is 24.1 Å². The van der Waals surface area contributed by atoms with E-state index >= 15 is 0 Å². The first-order valence-electron chi connectivity index (χ1n) is 7.94. The molecule has 0 aliphatic carbocycles. The van der Waals surface area contributed by atoms with Crippen LogP contribution >= 0.6 is 11.3 Å². The molecule has 1 amide bonds. The molecule has 8 heteroatoms. The lowest BCUT2D eigenvalue weighted by molar-refractivity contribution is -0.119. The van der Waals surface area contributed by atoms with E-state index in [1.165, 1.54) is 15.6 Å². The third-order valence-electron chi connectivity index (χ3n) is 4.23. The second-order valence-electron chi connectivity index (χ2n) is 6.39. The zero-order chi connectivity index (χ0) is 17.5. The zero-order valence-corrected chi connectivity index (χ0v) is 15.6. The topological polar surface area (TPSA) is 79.4 Å². The number of fused-ring (bicyclic) bond motifs is 1. The number of para-hydroxylation sites is 1. The number of thiazole rings is 1. The number of nitrogens with one attached hydrogen (secondary N) is 1. The van der Waals surface area contributed by atoms with Crippen LogP contribution in [0.4, 0.5) is 5.13 Å². The lowest BCUT2D eigenvalue weighted by atomic mass is 10.0. The molecule has 2 aromatic rings. The first kappa shape index (κ1) is 17.3. The molecule has 1 atom stereocenters. The second kappa shape index (κ2) is 6.42.